The molecule has 0 saturated heterocycles. The van der Waals surface area contributed by atoms with Crippen molar-refractivity contribution in [1.29, 1.82) is 0 Å². The van der Waals surface area contributed by atoms with Gasteiger partial charge in [-0.25, -0.2) is 8.78 Å². The van der Waals surface area contributed by atoms with Gasteiger partial charge in [0.15, 0.2) is 0 Å². The summed E-state index contributed by atoms with van der Waals surface area (Å²) in [6.07, 6.45) is -1.26. The molecular weight excluding hydrogens is 202 g/mol. The number of ether oxygens (including phenoxy) is 1. The number of hydrogen-bond donors (Lipinski definition) is 1. The summed E-state index contributed by atoms with van der Waals surface area (Å²) in [4.78, 5) is 0. The molecule has 0 radical (unpaired) electrons. The molecule has 0 heterocycles. The van der Waals surface area contributed by atoms with Crippen molar-refractivity contribution in [2.45, 2.75) is 20.0 Å². The molecule has 15 heavy (non-hydrogen) atoms. The third kappa shape index (κ3) is 2.73. The quantitative estimate of drug-likeness (QED) is 0.837. The van der Waals surface area contributed by atoms with Gasteiger partial charge < -0.3 is 9.84 Å². The van der Waals surface area contributed by atoms with Crippen molar-refractivity contribution in [2.75, 3.05) is 13.2 Å². The molecule has 1 N–H and O–H groups in total. The third-order valence-electron chi connectivity index (χ3n) is 2.13. The predicted octanol–water partition coefficient (Wildman–Crippen LogP) is 2.34. The highest BCUT2D eigenvalue weighted by Gasteiger charge is 2.19. The lowest BCUT2D eigenvalue weighted by Gasteiger charge is -2.13. The van der Waals surface area contributed by atoms with Crippen LogP contribution in [0.3, 0.4) is 0 Å². The van der Waals surface area contributed by atoms with Gasteiger partial charge in [0.1, 0.15) is 17.7 Å². The van der Waals surface area contributed by atoms with Crippen molar-refractivity contribution in [1.82, 2.24) is 0 Å². The molecular formula is C11H14F2O2. The first kappa shape index (κ1) is 12.1. The topological polar surface area (TPSA) is 29.5 Å². The Labute approximate surface area is 87.5 Å². The molecule has 84 valence electrons. The molecule has 0 aromatic heterocycles. The predicted molar refractivity (Wildman–Crippen MR) is 52.5 cm³/mol. The van der Waals surface area contributed by atoms with Gasteiger partial charge in [0.05, 0.1) is 12.2 Å². The molecule has 1 aromatic carbocycles. The van der Waals surface area contributed by atoms with Crippen molar-refractivity contribution < 1.29 is 18.6 Å². The van der Waals surface area contributed by atoms with E-state index in [0.29, 0.717) is 12.2 Å². The molecule has 2 nitrogen and oxygen atoms in total. The normalized spacial score (nSPS) is 12.9. The molecule has 1 atom stereocenters. The van der Waals surface area contributed by atoms with E-state index in [9.17, 15) is 13.9 Å². The Bertz CT molecular complexity index is 340. The lowest BCUT2D eigenvalue weighted by Crippen LogP contribution is -2.12. The zero-order chi connectivity index (χ0) is 11.4. The summed E-state index contributed by atoms with van der Waals surface area (Å²) >= 11 is 0. The van der Waals surface area contributed by atoms with E-state index in [1.165, 1.54) is 13.0 Å². The van der Waals surface area contributed by atoms with Crippen molar-refractivity contribution in [3.8, 4) is 0 Å². The first-order valence-electron chi connectivity index (χ1n) is 4.78. The number of halogens is 2. The summed E-state index contributed by atoms with van der Waals surface area (Å²) < 4.78 is 31.7. The van der Waals surface area contributed by atoms with Gasteiger partial charge in [-0.3, -0.25) is 0 Å². The highest BCUT2D eigenvalue weighted by molar-refractivity contribution is 5.28. The average Bonchev–Trinajstić information content (AvgIpc) is 2.21. The molecule has 0 saturated carbocycles. The summed E-state index contributed by atoms with van der Waals surface area (Å²) in [5, 5.41) is 9.53. The third-order valence-corrected chi connectivity index (χ3v) is 2.13. The Morgan fingerprint density at radius 3 is 2.67 bits per heavy atom. The average molecular weight is 216 g/mol. The first-order chi connectivity index (χ1) is 7.07. The van der Waals surface area contributed by atoms with E-state index in [0.717, 1.165) is 6.07 Å². The van der Waals surface area contributed by atoms with Gasteiger partial charge in [-0.15, -0.1) is 0 Å². The highest BCUT2D eigenvalue weighted by Crippen LogP contribution is 2.23. The van der Waals surface area contributed by atoms with E-state index in [2.05, 4.69) is 0 Å². The smallest absolute Gasteiger partial charge is 0.134 e. The summed E-state index contributed by atoms with van der Waals surface area (Å²) in [7, 11) is 0. The van der Waals surface area contributed by atoms with Crippen LogP contribution in [0.1, 0.15) is 24.2 Å². The van der Waals surface area contributed by atoms with Gasteiger partial charge in [0, 0.05) is 6.61 Å². The molecule has 1 aromatic rings. The van der Waals surface area contributed by atoms with Gasteiger partial charge in [0.25, 0.3) is 0 Å². The monoisotopic (exact) mass is 216 g/mol. The van der Waals surface area contributed by atoms with E-state index in [4.69, 9.17) is 4.74 Å². The second-order valence-electron chi connectivity index (χ2n) is 3.27. The van der Waals surface area contributed by atoms with Crippen LogP contribution < -0.4 is 0 Å². The minimum absolute atomic E-state index is 0.103. The van der Waals surface area contributed by atoms with Crippen LogP contribution in [0, 0.1) is 18.6 Å². The molecule has 0 aliphatic heterocycles. The summed E-state index contributed by atoms with van der Waals surface area (Å²) in [6.45, 7) is 3.56. The Balaban J connectivity index is 2.96. The van der Waals surface area contributed by atoms with Gasteiger partial charge >= 0.3 is 0 Å². The second kappa shape index (κ2) is 5.19. The van der Waals surface area contributed by atoms with E-state index >= 15 is 0 Å². The summed E-state index contributed by atoms with van der Waals surface area (Å²) in [5.41, 5.74) is -0.00889. The molecule has 1 unspecified atom stereocenters. The maximum absolute atomic E-state index is 13.5. The highest BCUT2D eigenvalue weighted by atomic mass is 19.1. The Hall–Kier alpha value is -1.00. The summed E-state index contributed by atoms with van der Waals surface area (Å²) in [6, 6.07) is 2.48. The van der Waals surface area contributed by atoms with Gasteiger partial charge in [0.2, 0.25) is 0 Å². The molecule has 0 spiro atoms. The van der Waals surface area contributed by atoms with E-state index < -0.39 is 17.7 Å². The number of aliphatic hydroxyl groups excluding tert-OH is 1. The van der Waals surface area contributed by atoms with E-state index in [1.54, 1.807) is 6.92 Å². The summed E-state index contributed by atoms with van der Waals surface area (Å²) in [5.74, 6) is -1.45. The lowest BCUT2D eigenvalue weighted by molar-refractivity contribution is 0.0380. The fourth-order valence-corrected chi connectivity index (χ4v) is 1.30. The van der Waals surface area contributed by atoms with Crippen LogP contribution in [0.5, 0.6) is 0 Å². The first-order valence-corrected chi connectivity index (χ1v) is 4.78. The van der Waals surface area contributed by atoms with Crippen LogP contribution in [-0.4, -0.2) is 18.3 Å². The molecule has 0 aliphatic carbocycles. The van der Waals surface area contributed by atoms with Crippen LogP contribution in [0.15, 0.2) is 12.1 Å². The number of benzene rings is 1. The van der Waals surface area contributed by atoms with Gasteiger partial charge in [-0.05, 0) is 25.5 Å². The Morgan fingerprint density at radius 1 is 1.40 bits per heavy atom. The molecule has 0 fully saturated rings. The number of hydrogen-bond acceptors (Lipinski definition) is 2. The van der Waals surface area contributed by atoms with Crippen LogP contribution in [-0.2, 0) is 4.74 Å². The zero-order valence-electron chi connectivity index (χ0n) is 8.76. The zero-order valence-corrected chi connectivity index (χ0v) is 8.76. The number of aliphatic hydroxyl groups is 1. The largest absolute Gasteiger partial charge is 0.386 e. The van der Waals surface area contributed by atoms with E-state index in [-0.39, 0.29) is 12.2 Å². The van der Waals surface area contributed by atoms with Crippen molar-refractivity contribution in [2.24, 2.45) is 0 Å². The molecule has 0 amide bonds. The second-order valence-corrected chi connectivity index (χ2v) is 3.27. The van der Waals surface area contributed by atoms with Crippen LogP contribution in [0.4, 0.5) is 8.78 Å². The molecule has 0 aliphatic rings. The minimum atomic E-state index is -1.26. The SMILES string of the molecule is CCOCC(O)c1c(F)ccc(C)c1F. The van der Waals surface area contributed by atoms with E-state index in [1.807, 2.05) is 0 Å². The van der Waals surface area contributed by atoms with Crippen molar-refractivity contribution >= 4 is 0 Å². The minimum Gasteiger partial charge on any atom is -0.386 e. The number of rotatable bonds is 4. The molecule has 1 rings (SSSR count). The van der Waals surface area contributed by atoms with Crippen LogP contribution >= 0.6 is 0 Å². The van der Waals surface area contributed by atoms with Gasteiger partial charge in [-0.1, -0.05) is 6.07 Å². The fourth-order valence-electron chi connectivity index (χ4n) is 1.30. The molecule has 4 heteroatoms. The van der Waals surface area contributed by atoms with Crippen molar-refractivity contribution in [3.63, 3.8) is 0 Å². The Morgan fingerprint density at radius 2 is 2.07 bits per heavy atom. The van der Waals surface area contributed by atoms with Crippen LogP contribution in [0.2, 0.25) is 0 Å². The fraction of sp³-hybridized carbons (Fsp3) is 0.455. The van der Waals surface area contributed by atoms with Crippen LogP contribution in [0.25, 0.3) is 0 Å². The number of aryl methyl sites for hydroxylation is 1. The standard InChI is InChI=1S/C11H14F2O2/c1-3-15-6-9(14)10-8(12)5-4-7(2)11(10)13/h4-5,9,14H,3,6H2,1-2H3. The van der Waals surface area contributed by atoms with Gasteiger partial charge in [-0.2, -0.15) is 0 Å². The maximum atomic E-state index is 13.5. The maximum Gasteiger partial charge on any atom is 0.134 e. The lowest BCUT2D eigenvalue weighted by atomic mass is 10.1. The Kier molecular flexibility index (Phi) is 4.17. The molecule has 0 bridgehead atoms. The van der Waals surface area contributed by atoms with Crippen molar-refractivity contribution in [3.05, 3.63) is 34.9 Å².